The van der Waals surface area contributed by atoms with Gasteiger partial charge in [0, 0.05) is 31.9 Å². The lowest BCUT2D eigenvalue weighted by Crippen LogP contribution is -2.29. The van der Waals surface area contributed by atoms with Crippen molar-refractivity contribution in [1.29, 1.82) is 0 Å². The number of imidazole rings is 1. The number of benzene rings is 1. The van der Waals surface area contributed by atoms with Gasteiger partial charge in [0.05, 0.1) is 0 Å². The van der Waals surface area contributed by atoms with Gasteiger partial charge in [-0.2, -0.15) is 0 Å². The summed E-state index contributed by atoms with van der Waals surface area (Å²) >= 11 is 0. The molecule has 1 atom stereocenters. The SMILES string of the molecule is CNC(CCc1cccc(C)c1)Cc1nccn1C. The van der Waals surface area contributed by atoms with Gasteiger partial charge >= 0.3 is 0 Å². The lowest BCUT2D eigenvalue weighted by atomic mass is 10.0. The van der Waals surface area contributed by atoms with Crippen molar-refractivity contribution < 1.29 is 0 Å². The first-order valence-electron chi connectivity index (χ1n) is 6.88. The van der Waals surface area contributed by atoms with E-state index in [1.807, 2.05) is 19.4 Å². The van der Waals surface area contributed by atoms with E-state index in [0.29, 0.717) is 6.04 Å². The average Bonchev–Trinajstić information content (AvgIpc) is 2.80. The van der Waals surface area contributed by atoms with E-state index < -0.39 is 0 Å². The highest BCUT2D eigenvalue weighted by atomic mass is 15.0. The first-order valence-corrected chi connectivity index (χ1v) is 6.88. The Bertz CT molecular complexity index is 516. The summed E-state index contributed by atoms with van der Waals surface area (Å²) in [7, 11) is 4.08. The van der Waals surface area contributed by atoms with Crippen LogP contribution in [0.4, 0.5) is 0 Å². The number of likely N-dealkylation sites (N-methyl/N-ethyl adjacent to an activating group) is 1. The van der Waals surface area contributed by atoms with Crippen molar-refractivity contribution in [2.75, 3.05) is 7.05 Å². The molecular formula is C16H23N3. The van der Waals surface area contributed by atoms with Crippen molar-refractivity contribution >= 4 is 0 Å². The molecule has 0 spiro atoms. The maximum absolute atomic E-state index is 4.40. The van der Waals surface area contributed by atoms with E-state index in [4.69, 9.17) is 0 Å². The molecule has 0 aliphatic heterocycles. The molecular weight excluding hydrogens is 234 g/mol. The lowest BCUT2D eigenvalue weighted by molar-refractivity contribution is 0.502. The highest BCUT2D eigenvalue weighted by molar-refractivity contribution is 5.22. The minimum atomic E-state index is 0.474. The maximum Gasteiger partial charge on any atom is 0.109 e. The molecule has 0 amide bonds. The molecule has 3 heteroatoms. The lowest BCUT2D eigenvalue weighted by Gasteiger charge is -2.16. The van der Waals surface area contributed by atoms with E-state index in [0.717, 1.165) is 25.1 Å². The van der Waals surface area contributed by atoms with Gasteiger partial charge in [0.1, 0.15) is 5.82 Å². The van der Waals surface area contributed by atoms with Crippen LogP contribution in [0.2, 0.25) is 0 Å². The molecule has 2 rings (SSSR count). The van der Waals surface area contributed by atoms with Crippen LogP contribution in [0.5, 0.6) is 0 Å². The van der Waals surface area contributed by atoms with Crippen molar-refractivity contribution in [2.24, 2.45) is 7.05 Å². The van der Waals surface area contributed by atoms with Crippen LogP contribution in [0.3, 0.4) is 0 Å². The molecule has 19 heavy (non-hydrogen) atoms. The van der Waals surface area contributed by atoms with Crippen LogP contribution >= 0.6 is 0 Å². The van der Waals surface area contributed by atoms with Gasteiger partial charge in [0.2, 0.25) is 0 Å². The van der Waals surface area contributed by atoms with E-state index in [-0.39, 0.29) is 0 Å². The minimum Gasteiger partial charge on any atom is -0.338 e. The second kappa shape index (κ2) is 6.53. The summed E-state index contributed by atoms with van der Waals surface area (Å²) in [5.41, 5.74) is 2.75. The third-order valence-corrected chi connectivity index (χ3v) is 3.62. The Morgan fingerprint density at radius 1 is 1.37 bits per heavy atom. The average molecular weight is 257 g/mol. The number of aromatic nitrogens is 2. The van der Waals surface area contributed by atoms with E-state index in [2.05, 4.69) is 53.1 Å². The third kappa shape index (κ3) is 3.93. The second-order valence-corrected chi connectivity index (χ2v) is 5.17. The zero-order chi connectivity index (χ0) is 13.7. The first kappa shape index (κ1) is 13.8. The van der Waals surface area contributed by atoms with Gasteiger partial charge < -0.3 is 9.88 Å². The highest BCUT2D eigenvalue weighted by Crippen LogP contribution is 2.10. The third-order valence-electron chi connectivity index (χ3n) is 3.62. The topological polar surface area (TPSA) is 29.9 Å². The van der Waals surface area contributed by atoms with Gasteiger partial charge in [0.25, 0.3) is 0 Å². The monoisotopic (exact) mass is 257 g/mol. The summed E-state index contributed by atoms with van der Waals surface area (Å²) < 4.78 is 2.09. The molecule has 0 aliphatic rings. The molecule has 0 fully saturated rings. The molecule has 0 saturated carbocycles. The molecule has 0 radical (unpaired) electrons. The zero-order valence-electron chi connectivity index (χ0n) is 12.1. The Morgan fingerprint density at radius 3 is 2.84 bits per heavy atom. The summed E-state index contributed by atoms with van der Waals surface area (Å²) in [5.74, 6) is 1.14. The Labute approximate surface area is 115 Å². The number of rotatable bonds is 6. The Balaban J connectivity index is 1.91. The molecule has 1 aromatic heterocycles. The smallest absolute Gasteiger partial charge is 0.109 e. The zero-order valence-corrected chi connectivity index (χ0v) is 12.1. The van der Waals surface area contributed by atoms with Crippen molar-refractivity contribution in [3.05, 3.63) is 53.6 Å². The normalized spacial score (nSPS) is 12.6. The van der Waals surface area contributed by atoms with Crippen LogP contribution in [0.1, 0.15) is 23.4 Å². The molecule has 0 saturated heterocycles. The van der Waals surface area contributed by atoms with Crippen LogP contribution in [0.15, 0.2) is 36.7 Å². The maximum atomic E-state index is 4.40. The van der Waals surface area contributed by atoms with Gasteiger partial charge in [-0.25, -0.2) is 4.98 Å². The van der Waals surface area contributed by atoms with Gasteiger partial charge in [-0.05, 0) is 32.4 Å². The quantitative estimate of drug-likeness (QED) is 0.861. The molecule has 0 aliphatic carbocycles. The van der Waals surface area contributed by atoms with E-state index in [9.17, 15) is 0 Å². The molecule has 1 unspecified atom stereocenters. The second-order valence-electron chi connectivity index (χ2n) is 5.17. The standard InChI is InChI=1S/C16H23N3/c1-13-5-4-6-14(11-13)7-8-15(17-2)12-16-18-9-10-19(16)3/h4-6,9-11,15,17H,7-8,12H2,1-3H3. The van der Waals surface area contributed by atoms with Crippen molar-refractivity contribution in [3.8, 4) is 0 Å². The van der Waals surface area contributed by atoms with Crippen molar-refractivity contribution in [3.63, 3.8) is 0 Å². The number of nitrogens with zero attached hydrogens (tertiary/aromatic N) is 2. The molecule has 2 aromatic rings. The molecule has 3 nitrogen and oxygen atoms in total. The molecule has 0 bridgehead atoms. The first-order chi connectivity index (χ1) is 9.19. The van der Waals surface area contributed by atoms with Crippen LogP contribution in [0, 0.1) is 6.92 Å². The van der Waals surface area contributed by atoms with E-state index >= 15 is 0 Å². The van der Waals surface area contributed by atoms with Crippen LogP contribution in [0.25, 0.3) is 0 Å². The predicted octanol–water partition coefficient (Wildman–Crippen LogP) is 2.49. The van der Waals surface area contributed by atoms with Gasteiger partial charge in [-0.1, -0.05) is 29.8 Å². The summed E-state index contributed by atoms with van der Waals surface area (Å²) in [6.45, 7) is 2.15. The summed E-state index contributed by atoms with van der Waals surface area (Å²) in [4.78, 5) is 4.40. The molecule has 1 heterocycles. The fraction of sp³-hybridized carbons (Fsp3) is 0.438. The Hall–Kier alpha value is -1.61. The molecule has 1 N–H and O–H groups in total. The van der Waals surface area contributed by atoms with E-state index in [1.165, 1.54) is 11.1 Å². The van der Waals surface area contributed by atoms with Crippen LogP contribution in [-0.2, 0) is 19.9 Å². The van der Waals surface area contributed by atoms with Gasteiger partial charge in [0.15, 0.2) is 0 Å². The van der Waals surface area contributed by atoms with Crippen LogP contribution in [-0.4, -0.2) is 22.6 Å². The predicted molar refractivity (Wildman–Crippen MR) is 79.3 cm³/mol. The largest absolute Gasteiger partial charge is 0.338 e. The number of hydrogen-bond acceptors (Lipinski definition) is 2. The fourth-order valence-electron chi connectivity index (χ4n) is 2.37. The molecule has 102 valence electrons. The Kier molecular flexibility index (Phi) is 4.74. The molecule has 1 aromatic carbocycles. The number of aryl methyl sites for hydroxylation is 3. The van der Waals surface area contributed by atoms with E-state index in [1.54, 1.807) is 0 Å². The summed E-state index contributed by atoms with van der Waals surface area (Å²) in [6.07, 6.45) is 7.08. The Morgan fingerprint density at radius 2 is 2.21 bits per heavy atom. The van der Waals surface area contributed by atoms with Gasteiger partial charge in [-0.15, -0.1) is 0 Å². The van der Waals surface area contributed by atoms with Crippen molar-refractivity contribution in [1.82, 2.24) is 14.9 Å². The fourth-order valence-corrected chi connectivity index (χ4v) is 2.37. The van der Waals surface area contributed by atoms with Crippen molar-refractivity contribution in [2.45, 2.75) is 32.2 Å². The summed E-state index contributed by atoms with van der Waals surface area (Å²) in [5, 5.41) is 3.40. The highest BCUT2D eigenvalue weighted by Gasteiger charge is 2.10. The minimum absolute atomic E-state index is 0.474. The van der Waals surface area contributed by atoms with Crippen LogP contribution < -0.4 is 5.32 Å². The van der Waals surface area contributed by atoms with Gasteiger partial charge in [-0.3, -0.25) is 0 Å². The number of hydrogen-bond donors (Lipinski definition) is 1. The number of nitrogens with one attached hydrogen (secondary N) is 1. The summed E-state index contributed by atoms with van der Waals surface area (Å²) in [6, 6.07) is 9.24.